The van der Waals surface area contributed by atoms with Crippen LogP contribution in [0, 0.1) is 17.7 Å². The third-order valence-corrected chi connectivity index (χ3v) is 3.96. The molecule has 0 aliphatic carbocycles. The van der Waals surface area contributed by atoms with Gasteiger partial charge in [0.1, 0.15) is 23.4 Å². The number of hydrogen-bond donors (Lipinski definition) is 2. The molecule has 7 nitrogen and oxygen atoms in total. The van der Waals surface area contributed by atoms with E-state index in [1.807, 2.05) is 0 Å². The Labute approximate surface area is 139 Å². The summed E-state index contributed by atoms with van der Waals surface area (Å²) in [5, 5.41) is 7.19. The van der Waals surface area contributed by atoms with E-state index in [0.29, 0.717) is 33.3 Å². The lowest BCUT2D eigenvalue weighted by Crippen LogP contribution is -1.93. The molecule has 0 unspecified atom stereocenters. The number of nitrogens with two attached hydrogens (primary N) is 1. The number of fused-ring (bicyclic) bond motifs is 2. The number of nitrogen functional groups attached to an aromatic ring is 1. The minimum Gasteiger partial charge on any atom is -0.383 e. The predicted molar refractivity (Wildman–Crippen MR) is 87.8 cm³/mol. The zero-order valence-corrected chi connectivity index (χ0v) is 13.1. The minimum absolute atomic E-state index is 0.0633. The highest BCUT2D eigenvalue weighted by Gasteiger charge is 2.14. The van der Waals surface area contributed by atoms with Crippen molar-refractivity contribution < 1.29 is 4.39 Å². The molecule has 1 aromatic carbocycles. The normalized spacial score (nSPS) is 11.0. The van der Waals surface area contributed by atoms with Gasteiger partial charge in [-0.25, -0.2) is 19.3 Å². The smallest absolute Gasteiger partial charge is 0.187 e. The molecule has 0 spiro atoms. The lowest BCUT2D eigenvalue weighted by atomic mass is 10.1. The van der Waals surface area contributed by atoms with E-state index >= 15 is 0 Å². The zero-order chi connectivity index (χ0) is 16.8. The first-order valence-electron chi connectivity index (χ1n) is 6.82. The maximum absolute atomic E-state index is 14.4. The van der Waals surface area contributed by atoms with Crippen LogP contribution in [0.25, 0.3) is 22.1 Å². The third-order valence-electron chi connectivity index (χ3n) is 3.59. The van der Waals surface area contributed by atoms with E-state index in [2.05, 4.69) is 37.0 Å². The van der Waals surface area contributed by atoms with Gasteiger partial charge in [0.25, 0.3) is 0 Å². The lowest BCUT2D eigenvalue weighted by molar-refractivity contribution is 0.632. The van der Waals surface area contributed by atoms with Gasteiger partial charge in [0, 0.05) is 12.6 Å². The fraction of sp³-hybridized carbons (Fsp3) is 0.0667. The van der Waals surface area contributed by atoms with Crippen LogP contribution in [-0.2, 0) is 7.05 Å². The summed E-state index contributed by atoms with van der Waals surface area (Å²) in [5.41, 5.74) is 7.78. The van der Waals surface area contributed by atoms with E-state index in [4.69, 9.17) is 17.3 Å². The van der Waals surface area contributed by atoms with Gasteiger partial charge in [0.2, 0.25) is 0 Å². The summed E-state index contributed by atoms with van der Waals surface area (Å²) in [5.74, 6) is 5.37. The van der Waals surface area contributed by atoms with Crippen LogP contribution in [0.3, 0.4) is 0 Å². The Balaban J connectivity index is 1.88. The second-order valence-electron chi connectivity index (χ2n) is 5.08. The van der Waals surface area contributed by atoms with Crippen LogP contribution < -0.4 is 5.73 Å². The highest BCUT2D eigenvalue weighted by atomic mass is 35.5. The predicted octanol–water partition coefficient (Wildman–Crippen LogP) is 2.01. The number of aromatic amines is 1. The average molecular weight is 342 g/mol. The van der Waals surface area contributed by atoms with Gasteiger partial charge < -0.3 is 10.3 Å². The third kappa shape index (κ3) is 2.06. The van der Waals surface area contributed by atoms with Crippen LogP contribution in [0.2, 0.25) is 5.02 Å². The largest absolute Gasteiger partial charge is 0.383 e. The van der Waals surface area contributed by atoms with Crippen LogP contribution in [0.4, 0.5) is 10.2 Å². The zero-order valence-electron chi connectivity index (χ0n) is 12.3. The second-order valence-corrected chi connectivity index (χ2v) is 5.46. The number of halogens is 2. The molecule has 4 rings (SSSR count). The van der Waals surface area contributed by atoms with E-state index in [9.17, 15) is 4.39 Å². The maximum atomic E-state index is 14.4. The molecule has 3 heterocycles. The number of nitrogens with one attached hydrogen (secondary N) is 1. The second kappa shape index (κ2) is 5.18. The Morgan fingerprint density at radius 2 is 2.12 bits per heavy atom. The van der Waals surface area contributed by atoms with Crippen LogP contribution in [0.15, 0.2) is 18.7 Å². The molecule has 3 N–H and O–H groups in total. The number of aryl methyl sites for hydroxylation is 1. The Hall–Kier alpha value is -3.18. The van der Waals surface area contributed by atoms with E-state index in [0.717, 1.165) is 0 Å². The molecule has 0 amide bonds. The van der Waals surface area contributed by atoms with Crippen LogP contribution >= 0.6 is 11.6 Å². The Kier molecular flexibility index (Phi) is 3.11. The molecule has 24 heavy (non-hydrogen) atoms. The topological polar surface area (TPSA) is 98.3 Å². The maximum Gasteiger partial charge on any atom is 0.187 e. The van der Waals surface area contributed by atoms with Crippen molar-refractivity contribution >= 4 is 39.5 Å². The van der Waals surface area contributed by atoms with Gasteiger partial charge in [0.15, 0.2) is 11.5 Å². The Morgan fingerprint density at radius 1 is 1.29 bits per heavy atom. The molecule has 0 saturated heterocycles. The standard InChI is InChI=1S/C15H9ClFN7/c1-24-6-21-9-4-7(11(16)12(17)13(9)24)2-3-8-10-14(18)19-5-20-15(10)23-22-8/h4-6H,1H3,(H3,18,19,20,22,23). The van der Waals surface area contributed by atoms with Crippen LogP contribution in [0.1, 0.15) is 11.3 Å². The molecule has 0 saturated carbocycles. The van der Waals surface area contributed by atoms with Crippen molar-refractivity contribution in [2.24, 2.45) is 7.05 Å². The minimum atomic E-state index is -0.559. The summed E-state index contributed by atoms with van der Waals surface area (Å²) in [4.78, 5) is 12.0. The van der Waals surface area contributed by atoms with Crippen LogP contribution in [-0.4, -0.2) is 29.7 Å². The van der Waals surface area contributed by atoms with Crippen molar-refractivity contribution in [3.05, 3.63) is 40.8 Å². The Bertz CT molecular complexity index is 1170. The fourth-order valence-corrected chi connectivity index (χ4v) is 2.62. The molecule has 118 valence electrons. The number of anilines is 1. The average Bonchev–Trinajstić information content (AvgIpc) is 3.14. The van der Waals surface area contributed by atoms with Gasteiger partial charge >= 0.3 is 0 Å². The van der Waals surface area contributed by atoms with E-state index in [1.165, 1.54) is 12.7 Å². The quantitative estimate of drug-likeness (QED) is 0.477. The van der Waals surface area contributed by atoms with E-state index in [-0.39, 0.29) is 10.8 Å². The number of hydrogen-bond acceptors (Lipinski definition) is 5. The first-order chi connectivity index (χ1) is 11.6. The van der Waals surface area contributed by atoms with Gasteiger partial charge in [-0.3, -0.25) is 5.10 Å². The molecule has 3 aromatic heterocycles. The van der Waals surface area contributed by atoms with Crippen molar-refractivity contribution in [2.75, 3.05) is 5.73 Å². The summed E-state index contributed by atoms with van der Waals surface area (Å²) in [6.07, 6.45) is 2.83. The summed E-state index contributed by atoms with van der Waals surface area (Å²) < 4.78 is 16.0. The molecule has 0 radical (unpaired) electrons. The summed E-state index contributed by atoms with van der Waals surface area (Å²) in [7, 11) is 1.69. The summed E-state index contributed by atoms with van der Waals surface area (Å²) >= 11 is 6.10. The molecule has 4 aromatic rings. The van der Waals surface area contributed by atoms with Gasteiger partial charge in [-0.1, -0.05) is 17.5 Å². The molecule has 0 atom stereocenters. The highest BCUT2D eigenvalue weighted by molar-refractivity contribution is 6.32. The number of nitrogens with zero attached hydrogens (tertiary/aromatic N) is 5. The molecule has 9 heteroatoms. The number of benzene rings is 1. The first kappa shape index (κ1) is 14.4. The fourth-order valence-electron chi connectivity index (χ4n) is 2.43. The van der Waals surface area contributed by atoms with Crippen molar-refractivity contribution in [1.29, 1.82) is 0 Å². The van der Waals surface area contributed by atoms with Crippen molar-refractivity contribution in [3.63, 3.8) is 0 Å². The van der Waals surface area contributed by atoms with Crippen molar-refractivity contribution in [1.82, 2.24) is 29.7 Å². The lowest BCUT2D eigenvalue weighted by Gasteiger charge is -2.01. The SMILES string of the molecule is Cn1cnc2cc(C#Cc3[nH]nc4ncnc(N)c34)c(Cl)c(F)c21. The van der Waals surface area contributed by atoms with Gasteiger partial charge in [-0.05, 0) is 12.0 Å². The highest BCUT2D eigenvalue weighted by Crippen LogP contribution is 2.27. The molecule has 0 fully saturated rings. The number of H-pyrrole nitrogens is 1. The van der Waals surface area contributed by atoms with Gasteiger partial charge in [-0.15, -0.1) is 0 Å². The molecular formula is C15H9ClFN7. The van der Waals surface area contributed by atoms with Crippen molar-refractivity contribution in [3.8, 4) is 11.8 Å². The molecule has 0 aliphatic rings. The molecule has 0 bridgehead atoms. The van der Waals surface area contributed by atoms with E-state index in [1.54, 1.807) is 17.7 Å². The summed E-state index contributed by atoms with van der Waals surface area (Å²) in [6.45, 7) is 0. The van der Waals surface area contributed by atoms with Gasteiger partial charge in [0.05, 0.1) is 22.3 Å². The molecule has 0 aliphatic heterocycles. The molecular weight excluding hydrogens is 333 g/mol. The number of rotatable bonds is 0. The van der Waals surface area contributed by atoms with Crippen LogP contribution in [0.5, 0.6) is 0 Å². The van der Waals surface area contributed by atoms with Crippen molar-refractivity contribution in [2.45, 2.75) is 0 Å². The monoisotopic (exact) mass is 341 g/mol. The first-order valence-corrected chi connectivity index (χ1v) is 7.19. The number of imidazole rings is 1. The van der Waals surface area contributed by atoms with E-state index < -0.39 is 5.82 Å². The summed E-state index contributed by atoms with van der Waals surface area (Å²) in [6, 6.07) is 1.63. The van der Waals surface area contributed by atoms with Gasteiger partial charge in [-0.2, -0.15) is 5.10 Å². The number of aromatic nitrogens is 6. The Morgan fingerprint density at radius 3 is 2.96 bits per heavy atom.